The van der Waals surface area contributed by atoms with Gasteiger partial charge in [-0.1, -0.05) is 11.6 Å². The Balaban J connectivity index is 2.13. The lowest BCUT2D eigenvalue weighted by Gasteiger charge is -2.20. The molecule has 3 heteroatoms. The summed E-state index contributed by atoms with van der Waals surface area (Å²) in [5, 5.41) is 0.700. The van der Waals surface area contributed by atoms with Gasteiger partial charge in [0.1, 0.15) is 0 Å². The third-order valence-corrected chi connectivity index (χ3v) is 2.86. The largest absolute Gasteiger partial charge is 0.397 e. The van der Waals surface area contributed by atoms with Crippen molar-refractivity contribution in [3.05, 3.63) is 23.2 Å². The second kappa shape index (κ2) is 3.70. The Kier molecular flexibility index (Phi) is 2.55. The number of hydrogen-bond donors (Lipinski definition) is 1. The van der Waals surface area contributed by atoms with Gasteiger partial charge in [-0.2, -0.15) is 0 Å². The zero-order valence-corrected chi connectivity index (χ0v) is 9.09. The monoisotopic (exact) mass is 210 g/mol. The normalized spacial score (nSPS) is 15.6. The van der Waals surface area contributed by atoms with Crippen molar-refractivity contribution in [3.63, 3.8) is 0 Å². The highest BCUT2D eigenvalue weighted by atomic mass is 35.5. The van der Waals surface area contributed by atoms with Crippen LogP contribution in [0.3, 0.4) is 0 Å². The molecule has 0 aliphatic heterocycles. The lowest BCUT2D eigenvalue weighted by atomic mass is 10.2. The maximum absolute atomic E-state index is 5.89. The molecular formula is C11H15ClN2. The molecule has 0 bridgehead atoms. The van der Waals surface area contributed by atoms with E-state index < -0.39 is 0 Å². The van der Waals surface area contributed by atoms with Crippen LogP contribution in [0, 0.1) is 5.92 Å². The second-order valence-electron chi connectivity index (χ2n) is 4.03. The summed E-state index contributed by atoms with van der Waals surface area (Å²) in [6.45, 7) is 1.10. The SMILES string of the molecule is CN(CC1CC1)c1ccc(Cl)cc1N. The summed E-state index contributed by atoms with van der Waals surface area (Å²) in [4.78, 5) is 2.21. The molecule has 0 aromatic heterocycles. The molecule has 0 atom stereocenters. The fraction of sp³-hybridized carbons (Fsp3) is 0.455. The maximum Gasteiger partial charge on any atom is 0.0598 e. The zero-order chi connectivity index (χ0) is 10.1. The van der Waals surface area contributed by atoms with Gasteiger partial charge in [-0.3, -0.25) is 0 Å². The van der Waals surface area contributed by atoms with Crippen LogP contribution in [0.2, 0.25) is 5.02 Å². The summed E-state index contributed by atoms with van der Waals surface area (Å²) < 4.78 is 0. The molecule has 0 spiro atoms. The van der Waals surface area contributed by atoms with Gasteiger partial charge in [-0.25, -0.2) is 0 Å². The third kappa shape index (κ3) is 2.13. The summed E-state index contributed by atoms with van der Waals surface area (Å²) in [6.07, 6.45) is 2.72. The number of halogens is 1. The van der Waals surface area contributed by atoms with Crippen LogP contribution in [0.15, 0.2) is 18.2 Å². The van der Waals surface area contributed by atoms with Gasteiger partial charge in [0, 0.05) is 18.6 Å². The summed E-state index contributed by atoms with van der Waals surface area (Å²) in [6, 6.07) is 5.68. The lowest BCUT2D eigenvalue weighted by Crippen LogP contribution is -2.20. The van der Waals surface area contributed by atoms with Crippen LogP contribution in [0.1, 0.15) is 12.8 Å². The highest BCUT2D eigenvalue weighted by Gasteiger charge is 2.23. The van der Waals surface area contributed by atoms with Gasteiger partial charge < -0.3 is 10.6 Å². The maximum atomic E-state index is 5.89. The first-order chi connectivity index (χ1) is 6.66. The van der Waals surface area contributed by atoms with E-state index in [1.165, 1.54) is 12.8 Å². The van der Waals surface area contributed by atoms with E-state index in [-0.39, 0.29) is 0 Å². The molecule has 1 fully saturated rings. The topological polar surface area (TPSA) is 29.3 Å². The Morgan fingerprint density at radius 2 is 2.21 bits per heavy atom. The Bertz CT molecular complexity index is 334. The van der Waals surface area contributed by atoms with Crippen LogP contribution in [-0.4, -0.2) is 13.6 Å². The highest BCUT2D eigenvalue weighted by Crippen LogP contribution is 2.33. The van der Waals surface area contributed by atoms with Crippen molar-refractivity contribution in [1.29, 1.82) is 0 Å². The molecule has 1 aliphatic rings. The van der Waals surface area contributed by atoms with Gasteiger partial charge in [0.05, 0.1) is 11.4 Å². The predicted octanol–water partition coefficient (Wildman–Crippen LogP) is 2.77. The van der Waals surface area contributed by atoms with E-state index in [0.29, 0.717) is 5.02 Å². The molecule has 2 rings (SSSR count). The Hall–Kier alpha value is -0.890. The van der Waals surface area contributed by atoms with Crippen molar-refractivity contribution in [2.75, 3.05) is 24.2 Å². The molecule has 0 saturated heterocycles. The van der Waals surface area contributed by atoms with Gasteiger partial charge in [-0.05, 0) is 37.0 Å². The molecular weight excluding hydrogens is 196 g/mol. The molecule has 0 heterocycles. The molecule has 1 saturated carbocycles. The number of rotatable bonds is 3. The van der Waals surface area contributed by atoms with Crippen LogP contribution in [-0.2, 0) is 0 Å². The van der Waals surface area contributed by atoms with E-state index in [1.807, 2.05) is 12.1 Å². The Labute approximate surface area is 89.7 Å². The van der Waals surface area contributed by atoms with Crippen molar-refractivity contribution < 1.29 is 0 Å². The van der Waals surface area contributed by atoms with Crippen molar-refractivity contribution in [2.24, 2.45) is 5.92 Å². The van der Waals surface area contributed by atoms with E-state index in [2.05, 4.69) is 11.9 Å². The van der Waals surface area contributed by atoms with Gasteiger partial charge in [0.15, 0.2) is 0 Å². The number of benzene rings is 1. The predicted molar refractivity (Wildman–Crippen MR) is 61.9 cm³/mol. The van der Waals surface area contributed by atoms with Gasteiger partial charge in [0.2, 0.25) is 0 Å². The van der Waals surface area contributed by atoms with Crippen LogP contribution in [0.25, 0.3) is 0 Å². The standard InChI is InChI=1S/C11H15ClN2/c1-14(7-8-2-3-8)11-5-4-9(12)6-10(11)13/h4-6,8H,2-3,7,13H2,1H3. The quantitative estimate of drug-likeness (QED) is 0.778. The minimum atomic E-state index is 0.700. The van der Waals surface area contributed by atoms with E-state index in [0.717, 1.165) is 23.8 Å². The van der Waals surface area contributed by atoms with Crippen LogP contribution < -0.4 is 10.6 Å². The summed E-state index contributed by atoms with van der Waals surface area (Å²) in [7, 11) is 2.08. The Morgan fingerprint density at radius 1 is 1.50 bits per heavy atom. The van der Waals surface area contributed by atoms with Gasteiger partial charge in [-0.15, -0.1) is 0 Å². The average molecular weight is 211 g/mol. The van der Waals surface area contributed by atoms with Crippen LogP contribution in [0.4, 0.5) is 11.4 Å². The summed E-state index contributed by atoms with van der Waals surface area (Å²) >= 11 is 5.84. The molecule has 1 aliphatic carbocycles. The van der Waals surface area contributed by atoms with E-state index in [9.17, 15) is 0 Å². The first-order valence-electron chi connectivity index (χ1n) is 4.93. The van der Waals surface area contributed by atoms with E-state index >= 15 is 0 Å². The zero-order valence-electron chi connectivity index (χ0n) is 8.33. The minimum absolute atomic E-state index is 0.700. The molecule has 0 unspecified atom stereocenters. The van der Waals surface area contributed by atoms with E-state index in [1.54, 1.807) is 6.07 Å². The van der Waals surface area contributed by atoms with Crippen LogP contribution >= 0.6 is 11.6 Å². The molecule has 1 aromatic carbocycles. The molecule has 0 radical (unpaired) electrons. The summed E-state index contributed by atoms with van der Waals surface area (Å²) in [5.74, 6) is 0.870. The number of nitrogens with two attached hydrogens (primary N) is 1. The molecule has 2 N–H and O–H groups in total. The minimum Gasteiger partial charge on any atom is -0.397 e. The fourth-order valence-corrected chi connectivity index (χ4v) is 1.84. The highest BCUT2D eigenvalue weighted by molar-refractivity contribution is 6.31. The van der Waals surface area contributed by atoms with Gasteiger partial charge >= 0.3 is 0 Å². The third-order valence-electron chi connectivity index (χ3n) is 2.63. The van der Waals surface area contributed by atoms with Crippen LogP contribution in [0.5, 0.6) is 0 Å². The lowest BCUT2D eigenvalue weighted by molar-refractivity contribution is 0.788. The Morgan fingerprint density at radius 3 is 2.79 bits per heavy atom. The van der Waals surface area contributed by atoms with Gasteiger partial charge in [0.25, 0.3) is 0 Å². The summed E-state index contributed by atoms with van der Waals surface area (Å²) in [5.41, 5.74) is 7.74. The first-order valence-corrected chi connectivity index (χ1v) is 5.31. The second-order valence-corrected chi connectivity index (χ2v) is 4.46. The smallest absolute Gasteiger partial charge is 0.0598 e. The number of anilines is 2. The fourth-order valence-electron chi connectivity index (χ4n) is 1.66. The number of hydrogen-bond acceptors (Lipinski definition) is 2. The molecule has 76 valence electrons. The number of nitrogen functional groups attached to an aromatic ring is 1. The van der Waals surface area contributed by atoms with Crippen molar-refractivity contribution in [1.82, 2.24) is 0 Å². The average Bonchev–Trinajstić information content (AvgIpc) is 2.87. The molecule has 0 amide bonds. The number of nitrogens with zero attached hydrogens (tertiary/aromatic N) is 1. The first kappa shape index (κ1) is 9.66. The van der Waals surface area contributed by atoms with Crippen molar-refractivity contribution in [3.8, 4) is 0 Å². The molecule has 14 heavy (non-hydrogen) atoms. The van der Waals surface area contributed by atoms with Crippen molar-refractivity contribution >= 4 is 23.0 Å². The van der Waals surface area contributed by atoms with E-state index in [4.69, 9.17) is 17.3 Å². The molecule has 2 nitrogen and oxygen atoms in total. The molecule has 1 aromatic rings. The van der Waals surface area contributed by atoms with Crippen molar-refractivity contribution in [2.45, 2.75) is 12.8 Å².